The van der Waals surface area contributed by atoms with Crippen molar-refractivity contribution in [2.24, 2.45) is 0 Å². The Morgan fingerprint density at radius 1 is 0.811 bits per heavy atom. The van der Waals surface area contributed by atoms with Crippen LogP contribution in [0.4, 0.5) is 0 Å². The predicted molar refractivity (Wildman–Crippen MR) is 157 cm³/mol. The van der Waals surface area contributed by atoms with Gasteiger partial charge in [0.05, 0.1) is 5.75 Å². The molecule has 4 aromatic rings. The number of rotatable bonds is 10. The van der Waals surface area contributed by atoms with E-state index in [0.29, 0.717) is 0 Å². The Balaban J connectivity index is 1.55. The minimum absolute atomic E-state index is 0.0580. The molecule has 1 N–H and O–H groups in total. The number of halogens is 1. The molecule has 0 spiro atoms. The molecule has 0 aliphatic heterocycles. The maximum atomic E-state index is 10.9. The van der Waals surface area contributed by atoms with E-state index in [9.17, 15) is 4.79 Å². The smallest absolute Gasteiger partial charge is 0.313 e. The third-order valence-electron chi connectivity index (χ3n) is 5.92. The van der Waals surface area contributed by atoms with E-state index in [2.05, 4.69) is 73.6 Å². The molecular weight excluding hydrogens is 518 g/mol. The summed E-state index contributed by atoms with van der Waals surface area (Å²) < 4.78 is 2.38. The van der Waals surface area contributed by atoms with Crippen LogP contribution in [0.3, 0.4) is 0 Å². The first-order chi connectivity index (χ1) is 17.8. The fourth-order valence-electron chi connectivity index (χ4n) is 4.32. The Morgan fingerprint density at radius 3 is 2.16 bits per heavy atom. The Kier molecular flexibility index (Phi) is 9.38. The Labute approximate surface area is 233 Å². The van der Waals surface area contributed by atoms with Crippen molar-refractivity contribution >= 4 is 41.3 Å². The zero-order valence-corrected chi connectivity index (χ0v) is 23.6. The summed E-state index contributed by atoms with van der Waals surface area (Å²) >= 11 is 9.42. The number of benzene rings is 4. The predicted octanol–water partition coefficient (Wildman–Crippen LogP) is 8.82. The number of carbonyl (C=O) groups is 1. The molecule has 0 amide bonds. The highest BCUT2D eigenvalue weighted by atomic mass is 35.5. The standard InChI is InChI=1S/C31H30ClNO2S2/c1-21-14-22(2)31(23(3)15-21)37-33(19-25-6-4-8-28(32)16-25)18-24-10-12-26(13-11-24)27-7-5-9-29(17-27)36-20-30(34)35/h4-17H,18-20H2,1-3H3,(H,34,35). The average Bonchev–Trinajstić information content (AvgIpc) is 2.85. The maximum Gasteiger partial charge on any atom is 0.313 e. The summed E-state index contributed by atoms with van der Waals surface area (Å²) in [6.45, 7) is 8.04. The highest BCUT2D eigenvalue weighted by molar-refractivity contribution is 8.00. The fourth-order valence-corrected chi connectivity index (χ4v) is 6.30. The van der Waals surface area contributed by atoms with Crippen molar-refractivity contribution in [2.45, 2.75) is 43.7 Å². The zero-order valence-electron chi connectivity index (χ0n) is 21.2. The largest absolute Gasteiger partial charge is 0.481 e. The van der Waals surface area contributed by atoms with Crippen LogP contribution in [0.5, 0.6) is 0 Å². The van der Waals surface area contributed by atoms with Crippen LogP contribution in [0.1, 0.15) is 27.8 Å². The van der Waals surface area contributed by atoms with Gasteiger partial charge in [-0.05, 0) is 90.4 Å². The van der Waals surface area contributed by atoms with Gasteiger partial charge in [-0.1, -0.05) is 77.8 Å². The molecule has 0 radical (unpaired) electrons. The molecule has 0 aliphatic rings. The van der Waals surface area contributed by atoms with Gasteiger partial charge in [-0.2, -0.15) is 0 Å². The van der Waals surface area contributed by atoms with Gasteiger partial charge in [0.1, 0.15) is 0 Å². The molecule has 190 valence electrons. The van der Waals surface area contributed by atoms with E-state index in [1.54, 1.807) is 11.9 Å². The normalized spacial score (nSPS) is 11.2. The van der Waals surface area contributed by atoms with Crippen LogP contribution in [0.2, 0.25) is 5.02 Å². The number of carboxylic acids is 1. The Morgan fingerprint density at radius 2 is 1.49 bits per heavy atom. The minimum Gasteiger partial charge on any atom is -0.481 e. The van der Waals surface area contributed by atoms with Gasteiger partial charge in [0.15, 0.2) is 0 Å². The molecule has 4 aromatic carbocycles. The molecular formula is C31H30ClNO2S2. The summed E-state index contributed by atoms with van der Waals surface area (Å²) in [5.41, 5.74) is 8.44. The third kappa shape index (κ3) is 7.89. The molecule has 0 aromatic heterocycles. The lowest BCUT2D eigenvalue weighted by molar-refractivity contribution is -0.133. The number of thioether (sulfide) groups is 1. The third-order valence-corrected chi connectivity index (χ3v) is 8.47. The highest BCUT2D eigenvalue weighted by Crippen LogP contribution is 2.33. The molecule has 37 heavy (non-hydrogen) atoms. The second-order valence-electron chi connectivity index (χ2n) is 9.15. The van der Waals surface area contributed by atoms with Crippen LogP contribution in [-0.4, -0.2) is 21.1 Å². The van der Waals surface area contributed by atoms with E-state index < -0.39 is 5.97 Å². The first-order valence-electron chi connectivity index (χ1n) is 12.1. The molecule has 0 unspecified atom stereocenters. The van der Waals surface area contributed by atoms with Crippen molar-refractivity contribution in [3.05, 3.63) is 118 Å². The van der Waals surface area contributed by atoms with E-state index in [1.807, 2.05) is 36.4 Å². The van der Waals surface area contributed by atoms with E-state index >= 15 is 0 Å². The van der Waals surface area contributed by atoms with E-state index in [4.69, 9.17) is 16.7 Å². The maximum absolute atomic E-state index is 10.9. The van der Waals surface area contributed by atoms with Gasteiger partial charge in [-0.3, -0.25) is 4.79 Å². The van der Waals surface area contributed by atoms with Gasteiger partial charge in [-0.25, -0.2) is 4.31 Å². The monoisotopic (exact) mass is 547 g/mol. The average molecular weight is 548 g/mol. The van der Waals surface area contributed by atoms with E-state index in [1.165, 1.54) is 44.5 Å². The van der Waals surface area contributed by atoms with Crippen molar-refractivity contribution in [1.29, 1.82) is 0 Å². The van der Waals surface area contributed by atoms with Crippen LogP contribution in [-0.2, 0) is 17.9 Å². The molecule has 3 nitrogen and oxygen atoms in total. The molecule has 0 saturated heterocycles. The second-order valence-corrected chi connectivity index (χ2v) is 11.7. The lowest BCUT2D eigenvalue weighted by Crippen LogP contribution is -2.15. The molecule has 0 aliphatic carbocycles. The van der Waals surface area contributed by atoms with Gasteiger partial charge in [-0.15, -0.1) is 11.8 Å². The Bertz CT molecular complexity index is 1370. The number of aryl methyl sites for hydroxylation is 3. The Hall–Kier alpha value is -2.70. The number of carboxylic acid groups (broad SMARTS) is 1. The van der Waals surface area contributed by atoms with Gasteiger partial charge in [0.25, 0.3) is 0 Å². The van der Waals surface area contributed by atoms with Gasteiger partial charge in [0.2, 0.25) is 0 Å². The topological polar surface area (TPSA) is 40.5 Å². The van der Waals surface area contributed by atoms with Crippen molar-refractivity contribution in [3.63, 3.8) is 0 Å². The van der Waals surface area contributed by atoms with Gasteiger partial charge in [0, 0.05) is 27.9 Å². The van der Waals surface area contributed by atoms with Crippen molar-refractivity contribution in [3.8, 4) is 11.1 Å². The molecule has 0 heterocycles. The van der Waals surface area contributed by atoms with Crippen molar-refractivity contribution < 1.29 is 9.90 Å². The molecule has 0 fully saturated rings. The van der Waals surface area contributed by atoms with Crippen molar-refractivity contribution in [2.75, 3.05) is 5.75 Å². The lowest BCUT2D eigenvalue weighted by atomic mass is 10.0. The molecule has 0 atom stereocenters. The van der Waals surface area contributed by atoms with Crippen molar-refractivity contribution in [1.82, 2.24) is 4.31 Å². The molecule has 6 heteroatoms. The van der Waals surface area contributed by atoms with E-state index in [-0.39, 0.29) is 5.75 Å². The van der Waals surface area contributed by atoms with Gasteiger partial charge < -0.3 is 5.11 Å². The number of aliphatic carboxylic acids is 1. The quantitative estimate of drug-likeness (QED) is 0.159. The molecule has 0 saturated carbocycles. The van der Waals surface area contributed by atoms with Crippen LogP contribution in [0.25, 0.3) is 11.1 Å². The molecule has 0 bridgehead atoms. The summed E-state index contributed by atoms with van der Waals surface area (Å²) in [6, 6.07) is 29.2. The minimum atomic E-state index is -0.809. The van der Waals surface area contributed by atoms with Gasteiger partial charge >= 0.3 is 5.97 Å². The summed E-state index contributed by atoms with van der Waals surface area (Å²) in [5, 5.41) is 9.72. The van der Waals surface area contributed by atoms with E-state index in [0.717, 1.165) is 34.1 Å². The summed E-state index contributed by atoms with van der Waals surface area (Å²) in [4.78, 5) is 13.2. The SMILES string of the molecule is Cc1cc(C)c(SN(Cc2ccc(-c3cccc(SCC(=O)O)c3)cc2)Cc2cccc(Cl)c2)c(C)c1. The van der Waals surface area contributed by atoms with Crippen LogP contribution < -0.4 is 0 Å². The number of hydrogen-bond acceptors (Lipinski definition) is 4. The van der Waals surface area contributed by atoms with Crippen LogP contribution in [0.15, 0.2) is 94.7 Å². The number of hydrogen-bond donors (Lipinski definition) is 1. The van der Waals surface area contributed by atoms with Crippen LogP contribution in [0, 0.1) is 20.8 Å². The fraction of sp³-hybridized carbons (Fsp3) is 0.194. The summed E-state index contributed by atoms with van der Waals surface area (Å²) in [7, 11) is 0. The first kappa shape index (κ1) is 27.3. The first-order valence-corrected chi connectivity index (χ1v) is 14.2. The summed E-state index contributed by atoms with van der Waals surface area (Å²) in [6.07, 6.45) is 0. The zero-order chi connectivity index (χ0) is 26.4. The second kappa shape index (κ2) is 12.7. The number of nitrogens with zero attached hydrogens (tertiary/aromatic N) is 1. The van der Waals surface area contributed by atoms with Crippen LogP contribution >= 0.6 is 35.3 Å². The molecule has 4 rings (SSSR count). The highest BCUT2D eigenvalue weighted by Gasteiger charge is 2.14. The lowest BCUT2D eigenvalue weighted by Gasteiger charge is -2.24. The summed E-state index contributed by atoms with van der Waals surface area (Å²) in [5.74, 6) is -0.751.